The van der Waals surface area contributed by atoms with Gasteiger partial charge in [-0.2, -0.15) is 4.98 Å². The molecule has 0 aliphatic rings. The van der Waals surface area contributed by atoms with E-state index in [2.05, 4.69) is 22.3 Å². The van der Waals surface area contributed by atoms with Crippen LogP contribution in [0.25, 0.3) is 0 Å². The van der Waals surface area contributed by atoms with E-state index < -0.39 is 6.29 Å². The van der Waals surface area contributed by atoms with Crippen LogP contribution in [0, 0.1) is 0 Å². The number of hydrogen-bond donors (Lipinski definition) is 0. The molecule has 6 heteroatoms. The molecule has 0 radical (unpaired) electrons. The summed E-state index contributed by atoms with van der Waals surface area (Å²) in [7, 11) is 0. The summed E-state index contributed by atoms with van der Waals surface area (Å²) in [5.74, 6) is 1.66. The molecule has 0 unspecified atom stereocenters. The number of aromatic nitrogens is 2. The second-order valence-electron chi connectivity index (χ2n) is 3.89. The fourth-order valence-corrected chi connectivity index (χ4v) is 2.34. The highest BCUT2D eigenvalue weighted by molar-refractivity contribution is 7.98. The van der Waals surface area contributed by atoms with Gasteiger partial charge in [0, 0.05) is 18.1 Å². The van der Waals surface area contributed by atoms with E-state index in [0.717, 1.165) is 0 Å². The number of nitrogens with zero attached hydrogens (tertiary/aromatic N) is 2. The molecule has 0 saturated carbocycles. The van der Waals surface area contributed by atoms with Gasteiger partial charge in [-0.25, -0.2) is 0 Å². The summed E-state index contributed by atoms with van der Waals surface area (Å²) in [4.78, 5) is 5.49. The van der Waals surface area contributed by atoms with Crippen molar-refractivity contribution in [1.82, 2.24) is 10.1 Å². The molecule has 20 heavy (non-hydrogen) atoms. The number of rotatable bonds is 8. The SMILES string of the molecule is CCOC(OCC)c1nc(CSc2ccccc2)no1. The molecule has 0 fully saturated rings. The van der Waals surface area contributed by atoms with Gasteiger partial charge in [0.15, 0.2) is 5.82 Å². The zero-order chi connectivity index (χ0) is 14.2. The molecular weight excluding hydrogens is 276 g/mol. The van der Waals surface area contributed by atoms with Crippen LogP contribution in [0.3, 0.4) is 0 Å². The first-order valence-electron chi connectivity index (χ1n) is 6.57. The van der Waals surface area contributed by atoms with Crippen molar-refractivity contribution in [3.05, 3.63) is 42.0 Å². The van der Waals surface area contributed by atoms with Crippen LogP contribution < -0.4 is 0 Å². The number of thioether (sulfide) groups is 1. The van der Waals surface area contributed by atoms with E-state index in [1.165, 1.54) is 4.90 Å². The number of ether oxygens (including phenoxy) is 2. The highest BCUT2D eigenvalue weighted by Crippen LogP contribution is 2.22. The van der Waals surface area contributed by atoms with Crippen LogP contribution in [0.2, 0.25) is 0 Å². The standard InChI is InChI=1S/C14H18N2O3S/c1-3-17-14(18-4-2)13-15-12(16-19-13)10-20-11-8-6-5-7-9-11/h5-9,14H,3-4,10H2,1-2H3. The molecule has 1 heterocycles. The van der Waals surface area contributed by atoms with Gasteiger partial charge in [-0.15, -0.1) is 11.8 Å². The van der Waals surface area contributed by atoms with Crippen molar-refractivity contribution in [2.75, 3.05) is 13.2 Å². The molecule has 0 N–H and O–H groups in total. The van der Waals surface area contributed by atoms with Gasteiger partial charge in [-0.1, -0.05) is 23.4 Å². The lowest BCUT2D eigenvalue weighted by Gasteiger charge is -2.11. The lowest BCUT2D eigenvalue weighted by atomic mass is 10.4. The summed E-state index contributed by atoms with van der Waals surface area (Å²) in [6.07, 6.45) is -0.576. The molecule has 0 spiro atoms. The van der Waals surface area contributed by atoms with Gasteiger partial charge in [-0.05, 0) is 26.0 Å². The molecule has 2 aromatic rings. The van der Waals surface area contributed by atoms with Gasteiger partial charge in [-0.3, -0.25) is 0 Å². The molecule has 0 amide bonds. The van der Waals surface area contributed by atoms with Crippen LogP contribution in [0.4, 0.5) is 0 Å². The van der Waals surface area contributed by atoms with Crippen LogP contribution in [0.5, 0.6) is 0 Å². The van der Waals surface area contributed by atoms with Crippen molar-refractivity contribution >= 4 is 11.8 Å². The minimum atomic E-state index is -0.576. The molecule has 0 aliphatic heterocycles. The Morgan fingerprint density at radius 3 is 2.50 bits per heavy atom. The average molecular weight is 294 g/mol. The Hall–Kier alpha value is -1.37. The third-order valence-corrected chi connectivity index (χ3v) is 3.44. The third-order valence-electron chi connectivity index (χ3n) is 2.43. The summed E-state index contributed by atoms with van der Waals surface area (Å²) < 4.78 is 16.0. The van der Waals surface area contributed by atoms with Crippen LogP contribution in [-0.2, 0) is 15.2 Å². The maximum absolute atomic E-state index is 5.42. The summed E-state index contributed by atoms with van der Waals surface area (Å²) in [6.45, 7) is 4.85. The summed E-state index contributed by atoms with van der Waals surface area (Å²) in [6, 6.07) is 10.1. The van der Waals surface area contributed by atoms with Gasteiger partial charge >= 0.3 is 0 Å². The monoisotopic (exact) mass is 294 g/mol. The molecule has 1 aromatic carbocycles. The minimum Gasteiger partial charge on any atom is -0.345 e. The average Bonchev–Trinajstić information content (AvgIpc) is 2.95. The second-order valence-corrected chi connectivity index (χ2v) is 4.94. The largest absolute Gasteiger partial charge is 0.345 e. The highest BCUT2D eigenvalue weighted by atomic mass is 32.2. The fraction of sp³-hybridized carbons (Fsp3) is 0.429. The minimum absolute atomic E-state index is 0.373. The van der Waals surface area contributed by atoms with Crippen molar-refractivity contribution < 1.29 is 14.0 Å². The van der Waals surface area contributed by atoms with E-state index in [9.17, 15) is 0 Å². The van der Waals surface area contributed by atoms with Gasteiger partial charge in [0.25, 0.3) is 5.89 Å². The van der Waals surface area contributed by atoms with Gasteiger partial charge < -0.3 is 14.0 Å². The first kappa shape index (κ1) is 15.0. The van der Waals surface area contributed by atoms with Crippen molar-refractivity contribution in [2.24, 2.45) is 0 Å². The van der Waals surface area contributed by atoms with Crippen LogP contribution in [0.15, 0.2) is 39.8 Å². The van der Waals surface area contributed by atoms with E-state index in [0.29, 0.717) is 30.7 Å². The normalized spacial score (nSPS) is 11.2. The quantitative estimate of drug-likeness (QED) is 0.549. The van der Waals surface area contributed by atoms with E-state index >= 15 is 0 Å². The van der Waals surface area contributed by atoms with Crippen LogP contribution in [-0.4, -0.2) is 23.4 Å². The van der Waals surface area contributed by atoms with Crippen molar-refractivity contribution in [3.8, 4) is 0 Å². The Balaban J connectivity index is 1.94. The first-order chi connectivity index (χ1) is 9.83. The molecule has 1 aromatic heterocycles. The maximum Gasteiger partial charge on any atom is 0.283 e. The summed E-state index contributed by atoms with van der Waals surface area (Å²) >= 11 is 1.66. The lowest BCUT2D eigenvalue weighted by molar-refractivity contribution is -0.155. The van der Waals surface area contributed by atoms with Crippen LogP contribution in [0.1, 0.15) is 31.9 Å². The molecule has 2 rings (SSSR count). The molecule has 5 nitrogen and oxygen atoms in total. The fourth-order valence-electron chi connectivity index (χ4n) is 1.58. The van der Waals surface area contributed by atoms with Crippen molar-refractivity contribution in [3.63, 3.8) is 0 Å². The predicted octanol–water partition coefficient (Wildman–Crippen LogP) is 3.43. The smallest absolute Gasteiger partial charge is 0.283 e. The van der Waals surface area contributed by atoms with Gasteiger partial charge in [0.05, 0.1) is 5.75 Å². The molecule has 108 valence electrons. The zero-order valence-electron chi connectivity index (χ0n) is 11.6. The van der Waals surface area contributed by atoms with Crippen molar-refractivity contribution in [1.29, 1.82) is 0 Å². The summed E-state index contributed by atoms with van der Waals surface area (Å²) in [5.41, 5.74) is 0. The lowest BCUT2D eigenvalue weighted by Crippen LogP contribution is -2.09. The molecule has 0 aliphatic carbocycles. The maximum atomic E-state index is 5.42. The Bertz CT molecular complexity index is 498. The zero-order valence-corrected chi connectivity index (χ0v) is 12.4. The Kier molecular flexibility index (Phi) is 6.04. The highest BCUT2D eigenvalue weighted by Gasteiger charge is 2.19. The Labute approximate surface area is 122 Å². The van der Waals surface area contributed by atoms with E-state index in [1.54, 1.807) is 11.8 Å². The summed E-state index contributed by atoms with van der Waals surface area (Å²) in [5, 5.41) is 3.95. The number of benzene rings is 1. The number of hydrogen-bond acceptors (Lipinski definition) is 6. The topological polar surface area (TPSA) is 57.4 Å². The van der Waals surface area contributed by atoms with E-state index in [4.69, 9.17) is 14.0 Å². The predicted molar refractivity (Wildman–Crippen MR) is 76.3 cm³/mol. The van der Waals surface area contributed by atoms with Crippen molar-refractivity contribution in [2.45, 2.75) is 30.8 Å². The van der Waals surface area contributed by atoms with Crippen LogP contribution >= 0.6 is 11.8 Å². The second kappa shape index (κ2) is 8.04. The third kappa shape index (κ3) is 4.33. The Morgan fingerprint density at radius 2 is 1.85 bits per heavy atom. The van der Waals surface area contributed by atoms with E-state index in [-0.39, 0.29) is 0 Å². The molecule has 0 atom stereocenters. The Morgan fingerprint density at radius 1 is 1.15 bits per heavy atom. The molecular formula is C14H18N2O3S. The molecule has 0 saturated heterocycles. The van der Waals surface area contributed by atoms with Gasteiger partial charge in [0.2, 0.25) is 6.29 Å². The van der Waals surface area contributed by atoms with E-state index in [1.807, 2.05) is 32.0 Å². The van der Waals surface area contributed by atoms with Gasteiger partial charge in [0.1, 0.15) is 0 Å². The molecule has 0 bridgehead atoms. The first-order valence-corrected chi connectivity index (χ1v) is 7.55.